The molecule has 3 aliphatic rings. The first-order chi connectivity index (χ1) is 16.2. The number of hydrogen-bond donors (Lipinski definition) is 0. The van der Waals surface area contributed by atoms with Crippen LogP contribution in [0, 0.1) is 0 Å². The number of rotatable bonds is 2. The van der Waals surface area contributed by atoms with Crippen molar-refractivity contribution in [3.63, 3.8) is 0 Å². The molecule has 0 amide bonds. The van der Waals surface area contributed by atoms with Crippen LogP contribution in [0.1, 0.15) is 27.0 Å². The number of ketones is 2. The Hall–Kier alpha value is -4.50. The Bertz CT molecular complexity index is 1470. The van der Waals surface area contributed by atoms with E-state index in [1.807, 2.05) is 120 Å². The van der Waals surface area contributed by atoms with Crippen LogP contribution in [0.15, 0.2) is 126 Å². The van der Waals surface area contributed by atoms with Gasteiger partial charge in [0.05, 0.1) is 17.0 Å². The average Bonchev–Trinajstić information content (AvgIpc) is 3.17. The predicted octanol–water partition coefficient (Wildman–Crippen LogP) is 6.06. The van der Waals surface area contributed by atoms with E-state index in [9.17, 15) is 9.59 Å². The molecule has 6 rings (SSSR count). The van der Waals surface area contributed by atoms with Gasteiger partial charge in [-0.1, -0.05) is 91.0 Å². The predicted molar refractivity (Wildman–Crippen MR) is 131 cm³/mol. The molecule has 156 valence electrons. The lowest BCUT2D eigenvalue weighted by Crippen LogP contribution is -2.17. The molecular formula is C30H19NO2. The second kappa shape index (κ2) is 7.57. The highest BCUT2D eigenvalue weighted by Crippen LogP contribution is 2.43. The average molecular weight is 425 g/mol. The van der Waals surface area contributed by atoms with Crippen LogP contribution in [-0.4, -0.2) is 16.5 Å². The fourth-order valence-electron chi connectivity index (χ4n) is 4.62. The molecule has 0 atom stereocenters. The van der Waals surface area contributed by atoms with Crippen LogP contribution in [0.2, 0.25) is 0 Å². The SMILES string of the molecule is O=C1C2=CC(=C3C=Cc4ccccc4C3=O)C=CN2C(c2ccccc2)=C1c1ccccc1. The molecule has 2 aliphatic heterocycles. The molecule has 0 aromatic heterocycles. The number of hydrogen-bond acceptors (Lipinski definition) is 3. The van der Waals surface area contributed by atoms with Gasteiger partial charge >= 0.3 is 0 Å². The van der Waals surface area contributed by atoms with Gasteiger partial charge in [-0.05, 0) is 40.5 Å². The maximum atomic E-state index is 13.7. The minimum absolute atomic E-state index is 0.0250. The molecule has 0 fully saturated rings. The monoisotopic (exact) mass is 425 g/mol. The second-order valence-corrected chi connectivity index (χ2v) is 8.12. The number of Topliss-reactive ketones (excluding diaryl/α,β-unsaturated/α-hetero) is 2. The molecule has 3 heteroatoms. The van der Waals surface area contributed by atoms with Crippen molar-refractivity contribution in [3.8, 4) is 0 Å². The summed E-state index contributed by atoms with van der Waals surface area (Å²) in [7, 11) is 0. The number of benzene rings is 3. The zero-order chi connectivity index (χ0) is 22.4. The quantitative estimate of drug-likeness (QED) is 0.469. The molecule has 33 heavy (non-hydrogen) atoms. The van der Waals surface area contributed by atoms with Crippen LogP contribution >= 0.6 is 0 Å². The summed E-state index contributed by atoms with van der Waals surface area (Å²) in [6.45, 7) is 0. The number of fused-ring (bicyclic) bond motifs is 2. The summed E-state index contributed by atoms with van der Waals surface area (Å²) in [4.78, 5) is 28.8. The Morgan fingerprint density at radius 3 is 2.03 bits per heavy atom. The van der Waals surface area contributed by atoms with Crippen LogP contribution in [0.25, 0.3) is 17.3 Å². The lowest BCUT2D eigenvalue weighted by Gasteiger charge is -2.23. The van der Waals surface area contributed by atoms with Gasteiger partial charge in [0, 0.05) is 17.3 Å². The van der Waals surface area contributed by atoms with Crippen molar-refractivity contribution in [2.45, 2.75) is 0 Å². The first kappa shape index (κ1) is 19.2. The van der Waals surface area contributed by atoms with Crippen LogP contribution in [0.5, 0.6) is 0 Å². The topological polar surface area (TPSA) is 37.4 Å². The second-order valence-electron chi connectivity index (χ2n) is 8.12. The Balaban J connectivity index is 1.50. The number of carbonyl (C=O) groups excluding carboxylic acids is 2. The fraction of sp³-hybridized carbons (Fsp3) is 0. The fourth-order valence-corrected chi connectivity index (χ4v) is 4.62. The first-order valence-corrected chi connectivity index (χ1v) is 10.9. The minimum atomic E-state index is -0.0462. The molecule has 0 radical (unpaired) electrons. The van der Waals surface area contributed by atoms with Crippen LogP contribution < -0.4 is 0 Å². The van der Waals surface area contributed by atoms with Crippen molar-refractivity contribution in [3.05, 3.63) is 148 Å². The van der Waals surface area contributed by atoms with Crippen molar-refractivity contribution in [1.29, 1.82) is 0 Å². The number of nitrogens with zero attached hydrogens (tertiary/aromatic N) is 1. The van der Waals surface area contributed by atoms with E-state index in [0.29, 0.717) is 22.4 Å². The summed E-state index contributed by atoms with van der Waals surface area (Å²) < 4.78 is 0. The van der Waals surface area contributed by atoms with Crippen molar-refractivity contribution < 1.29 is 9.59 Å². The van der Waals surface area contributed by atoms with Crippen molar-refractivity contribution in [1.82, 2.24) is 4.90 Å². The normalized spacial score (nSPS) is 19.0. The van der Waals surface area contributed by atoms with Gasteiger partial charge in [0.1, 0.15) is 0 Å². The van der Waals surface area contributed by atoms with Gasteiger partial charge in [-0.15, -0.1) is 0 Å². The zero-order valence-corrected chi connectivity index (χ0v) is 17.7. The molecule has 0 bridgehead atoms. The molecule has 0 spiro atoms. The van der Waals surface area contributed by atoms with Gasteiger partial charge in [-0.3, -0.25) is 9.59 Å². The standard InChI is InChI=1S/C30H19NO2/c32-29-24-14-8-7-9-20(24)15-16-25(29)23-17-18-31-26(19-23)30(33)27(21-10-3-1-4-11-21)28(31)22-12-5-2-6-13-22/h1-19H. The lowest BCUT2D eigenvalue weighted by molar-refractivity contribution is -0.110. The number of allylic oxidation sites excluding steroid dienone is 6. The number of carbonyl (C=O) groups is 2. The highest BCUT2D eigenvalue weighted by molar-refractivity contribution is 6.38. The largest absolute Gasteiger partial charge is 0.312 e. The van der Waals surface area contributed by atoms with Gasteiger partial charge in [0.15, 0.2) is 5.78 Å². The van der Waals surface area contributed by atoms with E-state index >= 15 is 0 Å². The Labute approximate surface area is 192 Å². The van der Waals surface area contributed by atoms with Gasteiger partial charge in [-0.2, -0.15) is 0 Å². The molecule has 3 aromatic carbocycles. The minimum Gasteiger partial charge on any atom is -0.312 e. The van der Waals surface area contributed by atoms with Crippen molar-refractivity contribution >= 4 is 28.9 Å². The zero-order valence-electron chi connectivity index (χ0n) is 17.7. The van der Waals surface area contributed by atoms with E-state index in [4.69, 9.17) is 0 Å². The Kier molecular flexibility index (Phi) is 4.41. The molecule has 3 nitrogen and oxygen atoms in total. The van der Waals surface area contributed by atoms with Crippen LogP contribution in [0.3, 0.4) is 0 Å². The van der Waals surface area contributed by atoms with Crippen LogP contribution in [-0.2, 0) is 4.79 Å². The lowest BCUT2D eigenvalue weighted by atomic mass is 9.88. The summed E-state index contributed by atoms with van der Waals surface area (Å²) in [5.74, 6) is -0.0711. The van der Waals surface area contributed by atoms with Crippen molar-refractivity contribution in [2.75, 3.05) is 0 Å². The Morgan fingerprint density at radius 2 is 1.27 bits per heavy atom. The van der Waals surface area contributed by atoms with E-state index in [1.54, 1.807) is 0 Å². The van der Waals surface area contributed by atoms with E-state index < -0.39 is 0 Å². The molecule has 0 N–H and O–H groups in total. The highest BCUT2D eigenvalue weighted by atomic mass is 16.1. The first-order valence-electron chi connectivity index (χ1n) is 10.9. The van der Waals surface area contributed by atoms with Gasteiger partial charge in [0.2, 0.25) is 5.78 Å². The third kappa shape index (κ3) is 3.06. The van der Waals surface area contributed by atoms with Gasteiger partial charge in [0.25, 0.3) is 0 Å². The summed E-state index contributed by atoms with van der Waals surface area (Å²) in [6, 6.07) is 27.3. The van der Waals surface area contributed by atoms with E-state index in [-0.39, 0.29) is 11.6 Å². The van der Waals surface area contributed by atoms with Crippen molar-refractivity contribution in [2.24, 2.45) is 0 Å². The third-order valence-electron chi connectivity index (χ3n) is 6.19. The van der Waals surface area contributed by atoms with E-state index in [1.165, 1.54) is 0 Å². The molecule has 3 aromatic rings. The summed E-state index contributed by atoms with van der Waals surface area (Å²) in [5.41, 5.74) is 6.86. The van der Waals surface area contributed by atoms with Gasteiger partial charge in [-0.25, -0.2) is 0 Å². The molecule has 1 aliphatic carbocycles. The van der Waals surface area contributed by atoms with Gasteiger partial charge < -0.3 is 4.90 Å². The van der Waals surface area contributed by atoms with Crippen LogP contribution in [0.4, 0.5) is 0 Å². The molecule has 2 heterocycles. The van der Waals surface area contributed by atoms with E-state index in [2.05, 4.69) is 0 Å². The highest BCUT2D eigenvalue weighted by Gasteiger charge is 2.37. The summed E-state index contributed by atoms with van der Waals surface area (Å²) in [5, 5.41) is 0. The third-order valence-corrected chi connectivity index (χ3v) is 6.19. The smallest absolute Gasteiger partial charge is 0.212 e. The molecule has 0 saturated heterocycles. The Morgan fingerprint density at radius 1 is 0.606 bits per heavy atom. The maximum absolute atomic E-state index is 13.7. The molecule has 0 saturated carbocycles. The maximum Gasteiger partial charge on any atom is 0.212 e. The summed E-state index contributed by atoms with van der Waals surface area (Å²) in [6.07, 6.45) is 9.46. The van der Waals surface area contributed by atoms with E-state index in [0.717, 1.165) is 28.0 Å². The molecular weight excluding hydrogens is 406 g/mol. The molecule has 0 unspecified atom stereocenters. The summed E-state index contributed by atoms with van der Waals surface area (Å²) >= 11 is 0.